The number of amides is 1. The molecule has 0 aliphatic rings. The number of aromatic nitrogens is 2. The van der Waals surface area contributed by atoms with Crippen molar-refractivity contribution < 1.29 is 13.2 Å². The van der Waals surface area contributed by atoms with Crippen molar-refractivity contribution in [1.29, 1.82) is 0 Å². The van der Waals surface area contributed by atoms with Crippen molar-refractivity contribution in [3.63, 3.8) is 0 Å². The van der Waals surface area contributed by atoms with Crippen LogP contribution in [-0.2, 0) is 14.8 Å². The normalized spacial score (nSPS) is 11.7. The van der Waals surface area contributed by atoms with Gasteiger partial charge in [-0.1, -0.05) is 42.0 Å². The fraction of sp³-hybridized carbons (Fsp3) is 0.438. The molecule has 1 N–H and O–H groups in total. The SMILES string of the molecule is CCCN(CCC(=O)Nc1nnc(-c2cccc(C)c2)s1)S(C)(=O)=O. The minimum Gasteiger partial charge on any atom is -0.300 e. The zero-order chi connectivity index (χ0) is 18.4. The first kappa shape index (κ1) is 19.5. The van der Waals surface area contributed by atoms with E-state index in [1.165, 1.54) is 15.6 Å². The smallest absolute Gasteiger partial charge is 0.227 e. The molecule has 0 spiro atoms. The van der Waals surface area contributed by atoms with Gasteiger partial charge in [0.05, 0.1) is 6.26 Å². The summed E-state index contributed by atoms with van der Waals surface area (Å²) in [6.07, 6.45) is 1.93. The molecule has 0 saturated carbocycles. The molecular formula is C16H22N4O3S2. The van der Waals surface area contributed by atoms with E-state index >= 15 is 0 Å². The Morgan fingerprint density at radius 2 is 2.04 bits per heavy atom. The summed E-state index contributed by atoms with van der Waals surface area (Å²) in [7, 11) is -3.30. The molecule has 0 saturated heterocycles. The number of carbonyl (C=O) groups excluding carboxylic acids is 1. The molecule has 7 nitrogen and oxygen atoms in total. The number of rotatable bonds is 8. The molecule has 9 heteroatoms. The van der Waals surface area contributed by atoms with Gasteiger partial charge in [-0.3, -0.25) is 4.79 Å². The lowest BCUT2D eigenvalue weighted by atomic mass is 10.1. The first-order valence-electron chi connectivity index (χ1n) is 7.95. The summed E-state index contributed by atoms with van der Waals surface area (Å²) in [4.78, 5) is 12.1. The Morgan fingerprint density at radius 3 is 2.68 bits per heavy atom. The molecule has 0 bridgehead atoms. The molecule has 0 unspecified atom stereocenters. The van der Waals surface area contributed by atoms with Gasteiger partial charge in [-0.05, 0) is 19.4 Å². The third-order valence-corrected chi connectivity index (χ3v) is 5.66. The number of hydrogen-bond donors (Lipinski definition) is 1. The van der Waals surface area contributed by atoms with Crippen LogP contribution in [0.15, 0.2) is 24.3 Å². The average Bonchev–Trinajstić information content (AvgIpc) is 2.98. The van der Waals surface area contributed by atoms with E-state index in [0.29, 0.717) is 18.1 Å². The Hall–Kier alpha value is -1.84. The van der Waals surface area contributed by atoms with E-state index in [1.54, 1.807) is 0 Å². The van der Waals surface area contributed by atoms with E-state index in [2.05, 4.69) is 15.5 Å². The molecule has 2 aromatic rings. The van der Waals surface area contributed by atoms with Gasteiger partial charge in [-0.2, -0.15) is 0 Å². The first-order chi connectivity index (χ1) is 11.8. The van der Waals surface area contributed by atoms with Crippen LogP contribution in [0.1, 0.15) is 25.3 Å². The summed E-state index contributed by atoms with van der Waals surface area (Å²) in [5.74, 6) is -0.281. The third kappa shape index (κ3) is 5.87. The number of nitrogens with one attached hydrogen (secondary N) is 1. The van der Waals surface area contributed by atoms with E-state index < -0.39 is 10.0 Å². The maximum atomic E-state index is 12.1. The van der Waals surface area contributed by atoms with E-state index in [1.807, 2.05) is 38.1 Å². The van der Waals surface area contributed by atoms with Crippen LogP contribution in [0.2, 0.25) is 0 Å². The molecular weight excluding hydrogens is 360 g/mol. The number of benzene rings is 1. The molecule has 0 radical (unpaired) electrons. The maximum Gasteiger partial charge on any atom is 0.227 e. The van der Waals surface area contributed by atoms with Gasteiger partial charge in [0.2, 0.25) is 21.1 Å². The summed E-state index contributed by atoms with van der Waals surface area (Å²) in [5, 5.41) is 11.9. The van der Waals surface area contributed by atoms with E-state index in [-0.39, 0.29) is 18.9 Å². The number of sulfonamides is 1. The number of nitrogens with zero attached hydrogens (tertiary/aromatic N) is 3. The lowest BCUT2D eigenvalue weighted by molar-refractivity contribution is -0.116. The molecule has 0 aliphatic carbocycles. The molecule has 1 heterocycles. The molecule has 2 rings (SSSR count). The van der Waals surface area contributed by atoms with Crippen molar-refractivity contribution in [2.24, 2.45) is 0 Å². The van der Waals surface area contributed by atoms with Crippen LogP contribution < -0.4 is 5.32 Å². The quantitative estimate of drug-likeness (QED) is 0.757. The molecule has 136 valence electrons. The predicted octanol–water partition coefficient (Wildman–Crippen LogP) is 2.51. The molecule has 1 aromatic heterocycles. The van der Waals surface area contributed by atoms with Gasteiger partial charge < -0.3 is 5.32 Å². The fourth-order valence-electron chi connectivity index (χ4n) is 2.27. The zero-order valence-electron chi connectivity index (χ0n) is 14.5. The zero-order valence-corrected chi connectivity index (χ0v) is 16.2. The predicted molar refractivity (Wildman–Crippen MR) is 100 cm³/mol. The van der Waals surface area contributed by atoms with Crippen LogP contribution in [0.3, 0.4) is 0 Å². The number of carbonyl (C=O) groups is 1. The van der Waals surface area contributed by atoms with Gasteiger partial charge >= 0.3 is 0 Å². The minimum absolute atomic E-state index is 0.0758. The summed E-state index contributed by atoms with van der Waals surface area (Å²) in [6.45, 7) is 4.45. The van der Waals surface area contributed by atoms with Crippen LogP contribution >= 0.6 is 11.3 Å². The van der Waals surface area contributed by atoms with Crippen molar-refractivity contribution in [1.82, 2.24) is 14.5 Å². The van der Waals surface area contributed by atoms with Crippen molar-refractivity contribution in [2.75, 3.05) is 24.7 Å². The van der Waals surface area contributed by atoms with Crippen molar-refractivity contribution >= 4 is 32.4 Å². The number of anilines is 1. The average molecular weight is 383 g/mol. The van der Waals surface area contributed by atoms with Crippen LogP contribution in [0.5, 0.6) is 0 Å². The molecule has 0 fully saturated rings. The van der Waals surface area contributed by atoms with Gasteiger partial charge in [0, 0.05) is 25.1 Å². The third-order valence-electron chi connectivity index (χ3n) is 3.47. The molecule has 0 atom stereocenters. The van der Waals surface area contributed by atoms with Crippen LogP contribution in [0.25, 0.3) is 10.6 Å². The Balaban J connectivity index is 1.95. The minimum atomic E-state index is -3.30. The Bertz CT molecular complexity index is 833. The van der Waals surface area contributed by atoms with Gasteiger partial charge in [0.1, 0.15) is 5.01 Å². The topological polar surface area (TPSA) is 92.3 Å². The molecule has 1 amide bonds. The van der Waals surface area contributed by atoms with Gasteiger partial charge in [0.25, 0.3) is 0 Å². The Morgan fingerprint density at radius 1 is 1.28 bits per heavy atom. The van der Waals surface area contributed by atoms with E-state index in [4.69, 9.17) is 0 Å². The second kappa shape index (κ2) is 8.50. The van der Waals surface area contributed by atoms with Crippen LogP contribution in [-0.4, -0.2) is 48.2 Å². The van der Waals surface area contributed by atoms with Crippen molar-refractivity contribution in [2.45, 2.75) is 26.7 Å². The highest BCUT2D eigenvalue weighted by atomic mass is 32.2. The highest BCUT2D eigenvalue weighted by Crippen LogP contribution is 2.26. The second-order valence-electron chi connectivity index (χ2n) is 5.74. The van der Waals surface area contributed by atoms with Gasteiger partial charge in [-0.25, -0.2) is 12.7 Å². The fourth-order valence-corrected chi connectivity index (χ4v) is 3.96. The standard InChI is InChI=1S/C16H22N4O3S2/c1-4-9-20(25(3,22)23)10-8-14(21)17-16-19-18-15(24-16)13-7-5-6-12(2)11-13/h5-7,11H,4,8-10H2,1-3H3,(H,17,19,21). The summed E-state index contributed by atoms with van der Waals surface area (Å²) >= 11 is 1.29. The summed E-state index contributed by atoms with van der Waals surface area (Å²) < 4.78 is 24.6. The van der Waals surface area contributed by atoms with Crippen LogP contribution in [0.4, 0.5) is 5.13 Å². The maximum absolute atomic E-state index is 12.1. The molecule has 1 aromatic carbocycles. The van der Waals surface area contributed by atoms with Gasteiger partial charge in [-0.15, -0.1) is 10.2 Å². The van der Waals surface area contributed by atoms with Gasteiger partial charge in [0.15, 0.2) is 0 Å². The Labute approximate surface area is 152 Å². The van der Waals surface area contributed by atoms with E-state index in [9.17, 15) is 13.2 Å². The number of aryl methyl sites for hydroxylation is 1. The second-order valence-corrected chi connectivity index (χ2v) is 8.70. The van der Waals surface area contributed by atoms with E-state index in [0.717, 1.165) is 22.4 Å². The summed E-state index contributed by atoms with van der Waals surface area (Å²) in [6, 6.07) is 7.88. The van der Waals surface area contributed by atoms with Crippen molar-refractivity contribution in [3.05, 3.63) is 29.8 Å². The van der Waals surface area contributed by atoms with Crippen molar-refractivity contribution in [3.8, 4) is 10.6 Å². The lowest BCUT2D eigenvalue weighted by Crippen LogP contribution is -2.33. The lowest BCUT2D eigenvalue weighted by Gasteiger charge is -2.18. The molecule has 25 heavy (non-hydrogen) atoms. The van der Waals surface area contributed by atoms with Crippen LogP contribution in [0, 0.1) is 6.92 Å². The molecule has 0 aliphatic heterocycles. The summed E-state index contributed by atoms with van der Waals surface area (Å²) in [5.41, 5.74) is 2.07. The highest BCUT2D eigenvalue weighted by molar-refractivity contribution is 7.88. The number of hydrogen-bond acceptors (Lipinski definition) is 6. The first-order valence-corrected chi connectivity index (χ1v) is 10.6. The Kier molecular flexibility index (Phi) is 6.63. The largest absolute Gasteiger partial charge is 0.300 e. The monoisotopic (exact) mass is 382 g/mol. The highest BCUT2D eigenvalue weighted by Gasteiger charge is 2.17.